The Kier molecular flexibility index (Phi) is 2.49. The van der Waals surface area contributed by atoms with Gasteiger partial charge in [-0.15, -0.1) is 0 Å². The van der Waals surface area contributed by atoms with E-state index in [1.54, 1.807) is 4.57 Å². The van der Waals surface area contributed by atoms with Gasteiger partial charge in [0.25, 0.3) is 5.91 Å². The zero-order valence-electron chi connectivity index (χ0n) is 8.31. The van der Waals surface area contributed by atoms with Crippen molar-refractivity contribution in [3.05, 3.63) is 40.8 Å². The monoisotopic (exact) mass is 234 g/mol. The summed E-state index contributed by atoms with van der Waals surface area (Å²) in [5, 5.41) is 0. The minimum Gasteiger partial charge on any atom is -0.383 e. The summed E-state index contributed by atoms with van der Waals surface area (Å²) in [6, 6.07) is 9.27. The third kappa shape index (κ3) is 1.59. The van der Waals surface area contributed by atoms with Crippen molar-refractivity contribution in [3.63, 3.8) is 0 Å². The number of para-hydroxylation sites is 1. The van der Waals surface area contributed by atoms with Crippen molar-refractivity contribution in [2.45, 2.75) is 0 Å². The van der Waals surface area contributed by atoms with E-state index >= 15 is 0 Å². The molecule has 5 nitrogen and oxygen atoms in total. The molecule has 0 spiro atoms. The lowest BCUT2D eigenvalue weighted by atomic mass is 10.3. The maximum atomic E-state index is 11.1. The summed E-state index contributed by atoms with van der Waals surface area (Å²) in [6.07, 6.45) is 0. The fraction of sp³-hybridized carbons (Fsp3) is 0. The summed E-state index contributed by atoms with van der Waals surface area (Å²) in [4.78, 5) is 13.8. The predicted octanol–water partition coefficient (Wildman–Crippen LogP) is 1.22. The number of anilines is 1. The first-order chi connectivity index (χ1) is 7.61. The maximum absolute atomic E-state index is 11.1. The fourth-order valence-electron chi connectivity index (χ4n) is 1.47. The number of nitrogens with zero attached hydrogens (tertiary/aromatic N) is 1. The molecule has 0 aliphatic heterocycles. The van der Waals surface area contributed by atoms with E-state index < -0.39 is 5.91 Å². The molecule has 0 bridgehead atoms. The lowest BCUT2D eigenvalue weighted by molar-refractivity contribution is 0.0997. The molecule has 1 heterocycles. The smallest absolute Gasteiger partial charge is 0.268 e. The van der Waals surface area contributed by atoms with Gasteiger partial charge >= 0.3 is 0 Å². The van der Waals surface area contributed by atoms with Crippen LogP contribution in [0, 0.1) is 4.77 Å². The molecule has 0 atom stereocenters. The standard InChI is InChI=1S/C10H10N4OS/c11-8-7(9(12)15)13-10(16)14(8)6-4-2-1-3-5-6/h1-5H,11H2,(H2,12,15)(H,13,16). The Balaban J connectivity index is 2.68. The van der Waals surface area contributed by atoms with Crippen LogP contribution in [-0.2, 0) is 0 Å². The molecular weight excluding hydrogens is 224 g/mol. The number of carbonyl (C=O) groups excluding carboxylic acids is 1. The van der Waals surface area contributed by atoms with E-state index in [1.807, 2.05) is 30.3 Å². The normalized spacial score (nSPS) is 10.2. The summed E-state index contributed by atoms with van der Waals surface area (Å²) in [5.74, 6) is -0.401. The third-order valence-electron chi connectivity index (χ3n) is 2.19. The molecule has 0 fully saturated rings. The minimum absolute atomic E-state index is 0.133. The predicted molar refractivity (Wildman–Crippen MR) is 63.9 cm³/mol. The molecule has 0 saturated carbocycles. The first-order valence-electron chi connectivity index (χ1n) is 4.57. The van der Waals surface area contributed by atoms with Gasteiger partial charge in [0, 0.05) is 5.69 Å². The van der Waals surface area contributed by atoms with Gasteiger partial charge < -0.3 is 16.5 Å². The summed E-state index contributed by atoms with van der Waals surface area (Å²) < 4.78 is 1.91. The third-order valence-corrected chi connectivity index (χ3v) is 2.48. The molecule has 1 aromatic heterocycles. The van der Waals surface area contributed by atoms with Crippen LogP contribution in [0.5, 0.6) is 0 Å². The number of amides is 1. The summed E-state index contributed by atoms with van der Waals surface area (Å²) >= 11 is 5.08. The molecule has 0 radical (unpaired) electrons. The van der Waals surface area contributed by atoms with Crippen molar-refractivity contribution in [2.24, 2.45) is 5.73 Å². The van der Waals surface area contributed by atoms with Crippen LogP contribution in [0.1, 0.15) is 10.5 Å². The molecule has 1 amide bonds. The van der Waals surface area contributed by atoms with Crippen molar-refractivity contribution < 1.29 is 4.79 Å². The Bertz CT molecular complexity index is 585. The van der Waals surface area contributed by atoms with E-state index in [0.29, 0.717) is 4.77 Å². The maximum Gasteiger partial charge on any atom is 0.268 e. The number of aromatic amines is 1. The van der Waals surface area contributed by atoms with E-state index in [9.17, 15) is 4.79 Å². The number of hydrogen-bond donors (Lipinski definition) is 3. The number of benzene rings is 1. The highest BCUT2D eigenvalue weighted by Gasteiger charge is 2.14. The van der Waals surface area contributed by atoms with Crippen LogP contribution < -0.4 is 11.5 Å². The molecule has 5 N–H and O–H groups in total. The molecule has 0 saturated heterocycles. The average Bonchev–Trinajstić information content (AvgIpc) is 2.56. The lowest BCUT2D eigenvalue weighted by Gasteiger charge is -2.04. The first-order valence-corrected chi connectivity index (χ1v) is 4.98. The Morgan fingerprint density at radius 2 is 1.94 bits per heavy atom. The number of rotatable bonds is 2. The SMILES string of the molecule is NC(=O)c1[nH]c(=S)n(-c2ccccc2)c1N. The topological polar surface area (TPSA) is 89.8 Å². The van der Waals surface area contributed by atoms with Gasteiger partial charge in [-0.1, -0.05) is 18.2 Å². The first kappa shape index (κ1) is 10.4. The van der Waals surface area contributed by atoms with E-state index in [0.717, 1.165) is 5.69 Å². The van der Waals surface area contributed by atoms with Gasteiger partial charge in [0.2, 0.25) is 0 Å². The average molecular weight is 234 g/mol. The molecule has 2 rings (SSSR count). The van der Waals surface area contributed by atoms with Crippen LogP contribution in [0.2, 0.25) is 0 Å². The van der Waals surface area contributed by atoms with Gasteiger partial charge in [-0.3, -0.25) is 9.36 Å². The second kappa shape index (κ2) is 3.82. The Morgan fingerprint density at radius 1 is 1.31 bits per heavy atom. The largest absolute Gasteiger partial charge is 0.383 e. The molecule has 0 unspecified atom stereocenters. The van der Waals surface area contributed by atoms with Crippen molar-refractivity contribution in [3.8, 4) is 5.69 Å². The Morgan fingerprint density at radius 3 is 2.44 bits per heavy atom. The fourth-order valence-corrected chi connectivity index (χ4v) is 1.78. The van der Waals surface area contributed by atoms with E-state index in [1.165, 1.54) is 0 Å². The van der Waals surface area contributed by atoms with Gasteiger partial charge in [-0.2, -0.15) is 0 Å². The number of nitrogens with two attached hydrogens (primary N) is 2. The molecule has 82 valence electrons. The van der Waals surface area contributed by atoms with E-state index in [-0.39, 0.29) is 11.5 Å². The summed E-state index contributed by atoms with van der Waals surface area (Å²) in [6.45, 7) is 0. The highest BCUT2D eigenvalue weighted by atomic mass is 32.1. The number of H-pyrrole nitrogens is 1. The highest BCUT2D eigenvalue weighted by molar-refractivity contribution is 7.71. The van der Waals surface area contributed by atoms with E-state index in [4.69, 9.17) is 23.7 Å². The second-order valence-corrected chi connectivity index (χ2v) is 3.61. The summed E-state index contributed by atoms with van der Waals surface area (Å²) in [5.41, 5.74) is 11.9. The molecule has 6 heteroatoms. The van der Waals surface area contributed by atoms with Gasteiger partial charge in [0.15, 0.2) is 4.77 Å². The molecule has 0 aliphatic carbocycles. The van der Waals surface area contributed by atoms with Crippen molar-refractivity contribution >= 4 is 23.9 Å². The number of carbonyl (C=O) groups is 1. The number of primary amides is 1. The van der Waals surface area contributed by atoms with Crippen molar-refractivity contribution in [1.82, 2.24) is 9.55 Å². The summed E-state index contributed by atoms with van der Waals surface area (Å²) in [7, 11) is 0. The Labute approximate surface area is 96.7 Å². The minimum atomic E-state index is -0.627. The van der Waals surface area contributed by atoms with Gasteiger partial charge in [-0.05, 0) is 24.4 Å². The zero-order chi connectivity index (χ0) is 11.7. The highest BCUT2D eigenvalue weighted by Crippen LogP contribution is 2.17. The van der Waals surface area contributed by atoms with Crippen LogP contribution >= 0.6 is 12.2 Å². The molecule has 1 aromatic carbocycles. The number of imidazole rings is 1. The van der Waals surface area contributed by atoms with E-state index in [2.05, 4.69) is 4.98 Å². The lowest BCUT2D eigenvalue weighted by Crippen LogP contribution is -2.14. The Hall–Kier alpha value is -2.08. The number of nitrogen functional groups attached to an aromatic ring is 1. The zero-order valence-corrected chi connectivity index (χ0v) is 9.12. The number of nitrogens with one attached hydrogen (secondary N) is 1. The second-order valence-electron chi connectivity index (χ2n) is 3.23. The van der Waals surface area contributed by atoms with Crippen LogP contribution in [0.15, 0.2) is 30.3 Å². The molecule has 2 aromatic rings. The van der Waals surface area contributed by atoms with Crippen LogP contribution in [0.4, 0.5) is 5.82 Å². The number of hydrogen-bond acceptors (Lipinski definition) is 3. The molecule has 0 aliphatic rings. The van der Waals surface area contributed by atoms with Crippen LogP contribution in [-0.4, -0.2) is 15.5 Å². The van der Waals surface area contributed by atoms with Gasteiger partial charge in [-0.25, -0.2) is 0 Å². The molecule has 16 heavy (non-hydrogen) atoms. The van der Waals surface area contributed by atoms with Crippen LogP contribution in [0.3, 0.4) is 0 Å². The van der Waals surface area contributed by atoms with Crippen molar-refractivity contribution in [2.75, 3.05) is 5.73 Å². The van der Waals surface area contributed by atoms with Crippen molar-refractivity contribution in [1.29, 1.82) is 0 Å². The molecular formula is C10H10N4OS. The van der Waals surface area contributed by atoms with Gasteiger partial charge in [0.05, 0.1) is 0 Å². The quantitative estimate of drug-likeness (QED) is 0.682. The van der Waals surface area contributed by atoms with Gasteiger partial charge in [0.1, 0.15) is 11.5 Å². The number of aromatic nitrogens is 2. The van der Waals surface area contributed by atoms with Crippen LogP contribution in [0.25, 0.3) is 5.69 Å².